The Morgan fingerprint density at radius 3 is 1.38 bits per heavy atom. The first-order chi connectivity index (χ1) is 21.1. The van der Waals surface area contributed by atoms with Crippen molar-refractivity contribution in [2.24, 2.45) is 11.8 Å². The topological polar surface area (TPSA) is 0 Å². The summed E-state index contributed by atoms with van der Waals surface area (Å²) in [4.78, 5) is 0. The zero-order valence-electron chi connectivity index (χ0n) is 29.8. The van der Waals surface area contributed by atoms with Crippen molar-refractivity contribution in [2.75, 3.05) is 0 Å². The van der Waals surface area contributed by atoms with E-state index in [1.165, 1.54) is 82.4 Å². The van der Waals surface area contributed by atoms with Gasteiger partial charge in [-0.25, -0.2) is 5.57 Å². The summed E-state index contributed by atoms with van der Waals surface area (Å²) in [5.74, 6) is 1.20. The molecule has 5 aromatic rings. The van der Waals surface area contributed by atoms with Crippen molar-refractivity contribution in [1.29, 1.82) is 0 Å². The predicted molar refractivity (Wildman–Crippen MR) is 195 cm³/mol. The average molecular weight is 741 g/mol. The summed E-state index contributed by atoms with van der Waals surface area (Å²) in [5.41, 5.74) is 8.69. The van der Waals surface area contributed by atoms with Crippen LogP contribution in [-0.4, -0.2) is 3.21 Å². The molecule has 6 rings (SSSR count). The quantitative estimate of drug-likeness (QED) is 0.197. The molecule has 1 unspecified atom stereocenters. The van der Waals surface area contributed by atoms with Crippen molar-refractivity contribution in [3.05, 3.63) is 149 Å². The summed E-state index contributed by atoms with van der Waals surface area (Å²) >= 11 is 1.46. The van der Waals surface area contributed by atoms with Gasteiger partial charge in [0.1, 0.15) is 0 Å². The Kier molecular flexibility index (Phi) is 15.0. The van der Waals surface area contributed by atoms with Gasteiger partial charge in [0, 0.05) is 0 Å². The van der Waals surface area contributed by atoms with E-state index in [9.17, 15) is 0 Å². The fourth-order valence-electron chi connectivity index (χ4n) is 5.79. The fraction of sp³-hybridized carbons (Fsp3) is 0.318. The summed E-state index contributed by atoms with van der Waals surface area (Å²) in [6.45, 7) is 22.5. The van der Waals surface area contributed by atoms with Crippen LogP contribution >= 0.6 is 0 Å². The van der Waals surface area contributed by atoms with E-state index in [1.807, 2.05) is 0 Å². The van der Waals surface area contributed by atoms with Gasteiger partial charge in [-0.05, 0) is 10.8 Å². The minimum atomic E-state index is 0. The van der Waals surface area contributed by atoms with Crippen molar-refractivity contribution < 1.29 is 49.0 Å². The fourth-order valence-corrected chi connectivity index (χ4v) is 6.61. The van der Waals surface area contributed by atoms with Gasteiger partial charge in [-0.3, -0.25) is 6.08 Å². The maximum absolute atomic E-state index is 3.37. The molecule has 246 valence electrons. The van der Waals surface area contributed by atoms with Crippen LogP contribution in [0.2, 0.25) is 0 Å². The average Bonchev–Trinajstić information content (AvgIpc) is 3.55. The summed E-state index contributed by atoms with van der Waals surface area (Å²) in [6.07, 6.45) is 5.68. The van der Waals surface area contributed by atoms with E-state index >= 15 is 0 Å². The van der Waals surface area contributed by atoms with Crippen LogP contribution in [0.25, 0.3) is 21.5 Å². The summed E-state index contributed by atoms with van der Waals surface area (Å²) in [7, 11) is 0. The Bertz CT molecular complexity index is 1700. The van der Waals surface area contributed by atoms with Crippen LogP contribution in [0.1, 0.15) is 91.5 Å². The zero-order chi connectivity index (χ0) is 32.9. The minimum absolute atomic E-state index is 0. The molecule has 0 saturated heterocycles. The molecular formula is C44H50Cl2Zr-2. The molecule has 0 fully saturated rings. The van der Waals surface area contributed by atoms with Gasteiger partial charge < -0.3 is 24.8 Å². The van der Waals surface area contributed by atoms with Gasteiger partial charge in [-0.15, -0.1) is 39.7 Å². The van der Waals surface area contributed by atoms with Gasteiger partial charge in [0.25, 0.3) is 0 Å². The van der Waals surface area contributed by atoms with E-state index in [4.69, 9.17) is 0 Å². The van der Waals surface area contributed by atoms with Gasteiger partial charge in [-0.2, -0.15) is 11.6 Å². The number of fused-ring (bicyclic) bond motifs is 3. The molecule has 0 aromatic heterocycles. The normalized spacial score (nSPS) is 14.2. The third kappa shape index (κ3) is 10.8. The third-order valence-electron chi connectivity index (χ3n) is 8.49. The number of hydrogen-bond acceptors (Lipinski definition) is 0. The first-order valence-electron chi connectivity index (χ1n) is 16.3. The number of rotatable bonds is 3. The van der Waals surface area contributed by atoms with Crippen LogP contribution in [0.15, 0.2) is 120 Å². The van der Waals surface area contributed by atoms with Crippen molar-refractivity contribution in [2.45, 2.75) is 80.1 Å². The van der Waals surface area contributed by atoms with E-state index in [2.05, 4.69) is 185 Å². The van der Waals surface area contributed by atoms with Crippen molar-refractivity contribution in [1.82, 2.24) is 0 Å². The second-order valence-corrected chi connectivity index (χ2v) is 15.9. The number of hydrogen-bond donors (Lipinski definition) is 0. The van der Waals surface area contributed by atoms with E-state index in [-0.39, 0.29) is 35.6 Å². The van der Waals surface area contributed by atoms with Crippen LogP contribution in [0.3, 0.4) is 0 Å². The molecule has 0 spiro atoms. The predicted octanol–water partition coefficient (Wildman–Crippen LogP) is 6.09. The van der Waals surface area contributed by atoms with E-state index in [0.29, 0.717) is 11.8 Å². The van der Waals surface area contributed by atoms with Crippen LogP contribution in [-0.2, 0) is 35.1 Å². The Morgan fingerprint density at radius 2 is 1.09 bits per heavy atom. The molecule has 0 saturated carbocycles. The van der Waals surface area contributed by atoms with Crippen LogP contribution in [0.5, 0.6) is 0 Å². The summed E-state index contributed by atoms with van der Waals surface area (Å²) < 4.78 is 1.42. The molecule has 5 aromatic carbocycles. The molecule has 47 heavy (non-hydrogen) atoms. The van der Waals surface area contributed by atoms with Gasteiger partial charge in [0.05, 0.1) is 0 Å². The van der Waals surface area contributed by atoms with E-state index < -0.39 is 0 Å². The molecule has 0 bridgehead atoms. The Hall–Kier alpha value is -2.44. The Balaban J connectivity index is 0.000000258. The van der Waals surface area contributed by atoms with Gasteiger partial charge >= 0.3 is 99.2 Å². The second-order valence-electron chi connectivity index (χ2n) is 14.7. The van der Waals surface area contributed by atoms with E-state index in [1.54, 1.807) is 0 Å². The standard InChI is InChI=1S/C21H25.C13H10.C10H15.2ClH.Zr/c1-20(2,3)16-9-7-14-11-15-8-10-17(21(4,5)6)13-19(15)18(14)12-16;1-3-7-12(8-4-1)11-13-9-5-2-6-10-13;1-7(2)10-6-8(3)5-9(10)4;;;/h7-13H,1-6H3;1-10H;6-8H,1-4H3;2*1H;/q-1;;-1;;;+2/p-2. The number of benzene rings is 4. The first kappa shape index (κ1) is 40.7. The molecule has 0 nitrogen and oxygen atoms in total. The van der Waals surface area contributed by atoms with Crippen LogP contribution in [0.4, 0.5) is 0 Å². The van der Waals surface area contributed by atoms with Crippen molar-refractivity contribution in [3.63, 3.8) is 0 Å². The Morgan fingerprint density at radius 1 is 0.681 bits per heavy atom. The molecule has 1 atom stereocenters. The molecule has 1 aliphatic carbocycles. The number of allylic oxidation sites excluding steroid dienone is 4. The molecule has 0 radical (unpaired) electrons. The maximum atomic E-state index is 3.37. The van der Waals surface area contributed by atoms with Gasteiger partial charge in [-0.1, -0.05) is 116 Å². The van der Waals surface area contributed by atoms with Gasteiger partial charge in [0.2, 0.25) is 0 Å². The molecule has 3 heteroatoms. The zero-order valence-corrected chi connectivity index (χ0v) is 33.8. The van der Waals surface area contributed by atoms with Crippen molar-refractivity contribution >= 4 is 24.8 Å². The van der Waals surface area contributed by atoms with Crippen LogP contribution < -0.4 is 24.8 Å². The van der Waals surface area contributed by atoms with Gasteiger partial charge in [0.15, 0.2) is 0 Å². The monoisotopic (exact) mass is 738 g/mol. The number of halogens is 2. The Labute approximate surface area is 312 Å². The summed E-state index contributed by atoms with van der Waals surface area (Å²) in [5, 5.41) is 5.49. The third-order valence-corrected chi connectivity index (χ3v) is 9.91. The summed E-state index contributed by atoms with van der Waals surface area (Å²) in [6, 6.07) is 37.3. The second kappa shape index (κ2) is 17.3. The van der Waals surface area contributed by atoms with Crippen molar-refractivity contribution in [3.8, 4) is 0 Å². The molecular weight excluding hydrogens is 691 g/mol. The molecule has 0 aliphatic heterocycles. The van der Waals surface area contributed by atoms with Crippen LogP contribution in [0, 0.1) is 17.9 Å². The molecule has 0 amide bonds. The molecule has 1 aliphatic rings. The van der Waals surface area contributed by atoms with E-state index in [0.717, 1.165) is 0 Å². The molecule has 0 heterocycles. The first-order valence-corrected chi connectivity index (χ1v) is 17.5. The molecule has 0 N–H and O–H groups in total. The SMILES string of the molecule is CC(C)(C)c1ccc2[cH-]c3ccc(C(C)(C)C)cc3c2c1.CC1=[C-]C(C)C=C1C(C)C.[Cl-].[Cl-].[Zr+2]=[C](c1ccccc1)c1ccccc1.